The number of likely N-dealkylation sites (tertiary alicyclic amines) is 4. The Morgan fingerprint density at radius 3 is 0.649 bits per heavy atom. The normalized spacial score (nSPS) is 21.4. The van der Waals surface area contributed by atoms with Gasteiger partial charge in [-0.3, -0.25) is 19.2 Å². The molecule has 0 N–H and O–H groups in total. The number of hydrogen-bond donors (Lipinski definition) is 0. The lowest BCUT2D eigenvalue weighted by atomic mass is 9.64. The summed E-state index contributed by atoms with van der Waals surface area (Å²) < 4.78 is 52.5. The van der Waals surface area contributed by atoms with Crippen LogP contribution in [-0.4, -0.2) is 95.6 Å². The van der Waals surface area contributed by atoms with Gasteiger partial charge in [0, 0.05) is 52.4 Å². The molecule has 4 aliphatic carbocycles. The molecule has 4 aromatic carbocycles. The van der Waals surface area contributed by atoms with Gasteiger partial charge in [0.25, 0.3) is 0 Å². The van der Waals surface area contributed by atoms with Crippen LogP contribution in [0.3, 0.4) is 0 Å². The number of piperidine rings is 4. The number of nitrogens with zero attached hydrogens (tertiary/aromatic N) is 4. The fourth-order valence-electron chi connectivity index (χ4n) is 17.3. The van der Waals surface area contributed by atoms with Crippen molar-refractivity contribution in [2.75, 3.05) is 52.4 Å². The van der Waals surface area contributed by atoms with Gasteiger partial charge in [0.1, 0.15) is 23.3 Å². The summed E-state index contributed by atoms with van der Waals surface area (Å²) >= 11 is 0. The minimum Gasteiger partial charge on any atom is -0.342 e. The number of halogens is 4. The molecule has 12 rings (SSSR count). The Morgan fingerprint density at radius 1 is 0.298 bits per heavy atom. The molecule has 4 aromatic rings. The molecule has 0 aromatic heterocycles. The first kappa shape index (κ1) is 72.7. The highest BCUT2D eigenvalue weighted by Crippen LogP contribution is 2.51. The zero-order chi connectivity index (χ0) is 67.2. The predicted molar refractivity (Wildman–Crippen MR) is 371 cm³/mol. The fourth-order valence-corrected chi connectivity index (χ4v) is 17.3. The van der Waals surface area contributed by atoms with Crippen LogP contribution in [-0.2, 0) is 44.9 Å². The van der Waals surface area contributed by atoms with Gasteiger partial charge in [-0.15, -0.1) is 0 Å². The molecule has 4 heterocycles. The van der Waals surface area contributed by atoms with Crippen LogP contribution in [0.5, 0.6) is 0 Å². The average molecular weight is 1300 g/mol. The second-order valence-corrected chi connectivity index (χ2v) is 32.0. The van der Waals surface area contributed by atoms with E-state index in [9.17, 15) is 36.7 Å². The molecule has 0 unspecified atom stereocenters. The van der Waals surface area contributed by atoms with Gasteiger partial charge in [0.05, 0.1) is 21.7 Å². The maximum absolute atomic E-state index is 13.5. The van der Waals surface area contributed by atoms with E-state index in [0.29, 0.717) is 47.3 Å². The van der Waals surface area contributed by atoms with E-state index < -0.39 is 0 Å². The first-order valence-corrected chi connectivity index (χ1v) is 37.2. The quantitative estimate of drug-likeness (QED) is 0.105. The second kappa shape index (κ2) is 33.2. The predicted octanol–water partition coefficient (Wildman–Crippen LogP) is 18.5. The number of amides is 4. The van der Waals surface area contributed by atoms with E-state index in [-0.39, 0.29) is 44.9 Å². The number of benzene rings is 4. The summed E-state index contributed by atoms with van der Waals surface area (Å²) in [4.78, 5) is 61.2. The van der Waals surface area contributed by atoms with E-state index in [2.05, 4.69) is 75.0 Å². The first-order valence-electron chi connectivity index (χ1n) is 37.2. The molecule has 8 fully saturated rings. The Balaban J connectivity index is 0.000000148. The summed E-state index contributed by atoms with van der Waals surface area (Å²) in [7, 11) is 0. The van der Waals surface area contributed by atoms with Crippen molar-refractivity contribution < 1.29 is 36.7 Å². The summed E-state index contributed by atoms with van der Waals surface area (Å²) in [5.41, 5.74) is 3.41. The Bertz CT molecular complexity index is 3000. The third-order valence-corrected chi connectivity index (χ3v) is 24.3. The van der Waals surface area contributed by atoms with Crippen LogP contribution in [0, 0.1) is 92.3 Å². The van der Waals surface area contributed by atoms with Crippen LogP contribution < -0.4 is 0 Å². The highest BCUT2D eigenvalue weighted by Gasteiger charge is 2.52. The minimum atomic E-state index is -0.263. The largest absolute Gasteiger partial charge is 0.342 e. The van der Waals surface area contributed by atoms with Gasteiger partial charge in [-0.05, 0) is 247 Å². The van der Waals surface area contributed by atoms with Crippen LogP contribution >= 0.6 is 0 Å². The molecule has 0 spiro atoms. The molecule has 0 bridgehead atoms. The molecular formula is C82H116F4N4O4. The summed E-state index contributed by atoms with van der Waals surface area (Å²) in [6.45, 7) is 25.5. The maximum Gasteiger partial charge on any atom is 0.229 e. The van der Waals surface area contributed by atoms with Gasteiger partial charge in [-0.25, -0.2) is 17.6 Å². The average Bonchev–Trinajstić information content (AvgIpc) is 1.19. The Kier molecular flexibility index (Phi) is 25.7. The monoisotopic (exact) mass is 1300 g/mol. The standard InChI is InChI=1S/C22H32FNO.C21H30FNO.C20H28FNO.C19H26FNO/c1-17(2)19-10-14-24(15-11-19)21(25)22(12-4-3-5-13-22)16-18-6-8-20(23)9-7-18;1-16(2)18-9-13-23(14-10-18)20(24)21(11-3-4-12-21)15-17-5-7-19(22)8-6-17;1-15(2)17-8-12-22(13-9-17)19(23)20(10-3-11-20)14-16-4-6-18(21)7-5-16;1-14(2)16-7-11-21(12-8-16)18(22)19(9-10-19)13-15-3-5-17(20)6-4-15/h6-9,17,19H,3-5,10-16H2,1-2H3;5-8,16,18H,3-4,9-15H2,1-2H3;4-7,15,17H,3,8-14H2,1-2H3;3-6,14,16H,7-13H2,1-2H3. The lowest BCUT2D eigenvalue weighted by Crippen LogP contribution is -2.51. The van der Waals surface area contributed by atoms with E-state index in [4.69, 9.17) is 0 Å². The molecule has 8 aliphatic rings. The van der Waals surface area contributed by atoms with Crippen molar-refractivity contribution in [2.45, 2.75) is 222 Å². The molecule has 4 saturated carbocycles. The van der Waals surface area contributed by atoms with Gasteiger partial charge in [0.15, 0.2) is 0 Å². The third kappa shape index (κ3) is 19.0. The summed E-state index contributed by atoms with van der Waals surface area (Å²) in [6, 6.07) is 26.7. The van der Waals surface area contributed by atoms with Crippen molar-refractivity contribution >= 4 is 23.6 Å². The lowest BCUT2D eigenvalue weighted by molar-refractivity contribution is -0.149. The molecule has 4 aliphatic heterocycles. The molecule has 516 valence electrons. The topological polar surface area (TPSA) is 81.2 Å². The highest BCUT2D eigenvalue weighted by molar-refractivity contribution is 5.86. The highest BCUT2D eigenvalue weighted by atomic mass is 19.1. The first-order chi connectivity index (χ1) is 45.0. The Morgan fingerprint density at radius 2 is 0.479 bits per heavy atom. The van der Waals surface area contributed by atoms with Crippen LogP contribution in [0.15, 0.2) is 97.1 Å². The van der Waals surface area contributed by atoms with Crippen molar-refractivity contribution in [3.8, 4) is 0 Å². The molecule has 0 radical (unpaired) electrons. The maximum atomic E-state index is 13.5. The van der Waals surface area contributed by atoms with E-state index in [1.807, 2.05) is 48.5 Å². The Hall–Kier alpha value is -5.52. The van der Waals surface area contributed by atoms with E-state index in [1.165, 1.54) is 55.0 Å². The van der Waals surface area contributed by atoms with Crippen LogP contribution in [0.4, 0.5) is 17.6 Å². The van der Waals surface area contributed by atoms with Gasteiger partial charge in [-0.1, -0.05) is 142 Å². The van der Waals surface area contributed by atoms with Crippen molar-refractivity contribution in [1.29, 1.82) is 0 Å². The van der Waals surface area contributed by atoms with E-state index in [0.717, 1.165) is 259 Å². The second-order valence-electron chi connectivity index (χ2n) is 32.0. The number of carbonyl (C=O) groups excluding carboxylic acids is 4. The third-order valence-electron chi connectivity index (χ3n) is 24.3. The van der Waals surface area contributed by atoms with Crippen LogP contribution in [0.25, 0.3) is 0 Å². The van der Waals surface area contributed by atoms with Gasteiger partial charge < -0.3 is 19.6 Å². The van der Waals surface area contributed by atoms with E-state index >= 15 is 0 Å². The van der Waals surface area contributed by atoms with Gasteiger partial charge >= 0.3 is 0 Å². The smallest absolute Gasteiger partial charge is 0.229 e. The lowest BCUT2D eigenvalue weighted by Gasteiger charge is -2.45. The summed E-state index contributed by atoms with van der Waals surface area (Å²) in [6.07, 6.45) is 26.9. The SMILES string of the molecule is CC(C)C1CCN(C(=O)C2(Cc3ccc(F)cc3)CC2)CC1.CC(C)C1CCN(C(=O)C2(Cc3ccc(F)cc3)CCC2)CC1.CC(C)C1CCN(C(=O)C2(Cc3ccc(F)cc3)CCCC2)CC1.CC(C)C1CCN(C(=O)C2(Cc3ccc(F)cc3)CCCCC2)CC1. The molecular weight excluding hydrogens is 1180 g/mol. The fraction of sp³-hybridized carbons (Fsp3) is 0.659. The molecule has 4 amide bonds. The molecule has 94 heavy (non-hydrogen) atoms. The van der Waals surface area contributed by atoms with Crippen molar-refractivity contribution in [3.63, 3.8) is 0 Å². The van der Waals surface area contributed by atoms with Gasteiger partial charge in [-0.2, -0.15) is 0 Å². The number of rotatable bonds is 16. The van der Waals surface area contributed by atoms with Crippen molar-refractivity contribution in [1.82, 2.24) is 19.6 Å². The van der Waals surface area contributed by atoms with Gasteiger partial charge in [0.2, 0.25) is 23.6 Å². The zero-order valence-corrected chi connectivity index (χ0v) is 58.8. The van der Waals surface area contributed by atoms with E-state index in [1.54, 1.807) is 0 Å². The molecule has 12 heteroatoms. The Labute approximate surface area is 563 Å². The van der Waals surface area contributed by atoms with Crippen molar-refractivity contribution in [2.24, 2.45) is 69.0 Å². The zero-order valence-electron chi connectivity index (χ0n) is 58.8. The molecule has 0 atom stereocenters. The molecule has 4 saturated heterocycles. The number of hydrogen-bond acceptors (Lipinski definition) is 4. The van der Waals surface area contributed by atoms with Crippen LogP contribution in [0.2, 0.25) is 0 Å². The minimum absolute atomic E-state index is 0.192. The molecule has 8 nitrogen and oxygen atoms in total. The van der Waals surface area contributed by atoms with Crippen LogP contribution in [0.1, 0.15) is 219 Å². The summed E-state index contributed by atoms with van der Waals surface area (Å²) in [5.74, 6) is 6.43. The number of carbonyl (C=O) groups is 4. The van der Waals surface area contributed by atoms with Crippen molar-refractivity contribution in [3.05, 3.63) is 143 Å². The summed E-state index contributed by atoms with van der Waals surface area (Å²) in [5, 5.41) is 0.